The molecule has 1 amide bonds. The third-order valence-electron chi connectivity index (χ3n) is 2.38. The smallest absolute Gasteiger partial charge is 0.273 e. The van der Waals surface area contributed by atoms with Crippen LogP contribution in [0.15, 0.2) is 12.1 Å². The number of halogens is 1. The summed E-state index contributed by atoms with van der Waals surface area (Å²) in [4.78, 5) is 17.8. The van der Waals surface area contributed by atoms with Crippen molar-refractivity contribution in [2.24, 2.45) is 0 Å². The van der Waals surface area contributed by atoms with Crippen molar-refractivity contribution in [3.8, 4) is 0 Å². The number of nitrogens with zero attached hydrogens (tertiary/aromatic N) is 2. The lowest BCUT2D eigenvalue weighted by atomic mass is 10.1. The predicted octanol–water partition coefficient (Wildman–Crippen LogP) is 2.01. The molecule has 0 fully saturated rings. The van der Waals surface area contributed by atoms with E-state index in [0.29, 0.717) is 17.4 Å². The number of anilines is 1. The molecule has 1 aromatic heterocycles. The van der Waals surface area contributed by atoms with Gasteiger partial charge in [-0.15, -0.1) is 0 Å². The number of rotatable bonds is 5. The highest BCUT2D eigenvalue weighted by molar-refractivity contribution is 6.33. The summed E-state index contributed by atoms with van der Waals surface area (Å²) in [5, 5.41) is 13.1. The van der Waals surface area contributed by atoms with Gasteiger partial charge in [-0.3, -0.25) is 4.79 Å². The highest BCUT2D eigenvalue weighted by Crippen LogP contribution is 2.19. The van der Waals surface area contributed by atoms with Gasteiger partial charge in [0, 0.05) is 20.1 Å². The average molecular weight is 286 g/mol. The van der Waals surface area contributed by atoms with Gasteiger partial charge in [0.1, 0.15) is 11.5 Å². The van der Waals surface area contributed by atoms with E-state index >= 15 is 0 Å². The summed E-state index contributed by atoms with van der Waals surface area (Å²) in [6.07, 6.45) is 0. The summed E-state index contributed by atoms with van der Waals surface area (Å²) in [6, 6.07) is 3.36. The van der Waals surface area contributed by atoms with Gasteiger partial charge in [0.2, 0.25) is 0 Å². The Morgan fingerprint density at radius 3 is 2.68 bits per heavy atom. The van der Waals surface area contributed by atoms with Crippen LogP contribution in [0.5, 0.6) is 0 Å². The molecule has 0 aromatic carbocycles. The van der Waals surface area contributed by atoms with Crippen molar-refractivity contribution in [2.45, 2.75) is 26.4 Å². The number of carbonyl (C=O) groups is 1. The zero-order chi connectivity index (χ0) is 14.6. The summed E-state index contributed by atoms with van der Waals surface area (Å²) in [7, 11) is 1.61. The van der Waals surface area contributed by atoms with Crippen LogP contribution in [0.25, 0.3) is 0 Å². The van der Waals surface area contributed by atoms with Crippen molar-refractivity contribution in [2.75, 3.05) is 25.5 Å². The molecule has 2 N–H and O–H groups in total. The van der Waals surface area contributed by atoms with Gasteiger partial charge in [0.15, 0.2) is 0 Å². The minimum Gasteiger partial charge on any atom is -0.389 e. The van der Waals surface area contributed by atoms with E-state index in [1.807, 2.05) is 6.92 Å². The van der Waals surface area contributed by atoms with Crippen molar-refractivity contribution < 1.29 is 9.90 Å². The molecule has 6 heteroatoms. The molecule has 0 bridgehead atoms. The Kier molecular flexibility index (Phi) is 5.14. The van der Waals surface area contributed by atoms with Crippen LogP contribution in [0.3, 0.4) is 0 Å². The molecule has 0 spiro atoms. The first-order valence-corrected chi connectivity index (χ1v) is 6.50. The highest BCUT2D eigenvalue weighted by atomic mass is 35.5. The number of hydrogen-bond acceptors (Lipinski definition) is 4. The Bertz CT molecular complexity index is 458. The molecule has 0 atom stereocenters. The van der Waals surface area contributed by atoms with E-state index in [4.69, 9.17) is 11.6 Å². The Morgan fingerprint density at radius 2 is 2.16 bits per heavy atom. The van der Waals surface area contributed by atoms with Crippen LogP contribution in [-0.2, 0) is 0 Å². The highest BCUT2D eigenvalue weighted by Gasteiger charge is 2.23. The van der Waals surface area contributed by atoms with E-state index in [2.05, 4.69) is 10.3 Å². The molecular weight excluding hydrogens is 266 g/mol. The molecule has 0 aliphatic rings. The molecule has 106 valence electrons. The van der Waals surface area contributed by atoms with Gasteiger partial charge in [0.25, 0.3) is 5.91 Å². The Hall–Kier alpha value is -1.33. The topological polar surface area (TPSA) is 65.5 Å². The fraction of sp³-hybridized carbons (Fsp3) is 0.538. The summed E-state index contributed by atoms with van der Waals surface area (Å²) < 4.78 is 0. The van der Waals surface area contributed by atoms with E-state index in [9.17, 15) is 9.90 Å². The Labute approximate surface area is 118 Å². The molecule has 5 nitrogen and oxygen atoms in total. The Balaban J connectivity index is 2.95. The van der Waals surface area contributed by atoms with Gasteiger partial charge < -0.3 is 15.3 Å². The zero-order valence-electron chi connectivity index (χ0n) is 11.7. The first-order chi connectivity index (χ1) is 8.74. The van der Waals surface area contributed by atoms with Gasteiger partial charge in [0.05, 0.1) is 10.6 Å². The minimum atomic E-state index is -0.962. The standard InChI is InChI=1S/C13H20ClN3O2/c1-5-15-10-7-6-9(14)11(16-10)12(18)17(4)8-13(2,3)19/h6-7,19H,5,8H2,1-4H3,(H,15,16). The van der Waals surface area contributed by atoms with E-state index in [0.717, 1.165) is 0 Å². The molecule has 1 heterocycles. The minimum absolute atomic E-state index is 0.187. The third kappa shape index (κ3) is 4.69. The van der Waals surface area contributed by atoms with Crippen molar-refractivity contribution in [1.82, 2.24) is 9.88 Å². The van der Waals surface area contributed by atoms with Crippen LogP contribution in [0, 0.1) is 0 Å². The average Bonchev–Trinajstić information content (AvgIpc) is 2.29. The zero-order valence-corrected chi connectivity index (χ0v) is 12.5. The number of likely N-dealkylation sites (N-methyl/N-ethyl adjacent to an activating group) is 1. The summed E-state index contributed by atoms with van der Waals surface area (Å²) in [5.74, 6) is 0.291. The third-order valence-corrected chi connectivity index (χ3v) is 2.68. The fourth-order valence-electron chi connectivity index (χ4n) is 1.70. The maximum Gasteiger partial charge on any atom is 0.273 e. The van der Waals surface area contributed by atoms with Gasteiger partial charge in [-0.1, -0.05) is 11.6 Å². The summed E-state index contributed by atoms with van der Waals surface area (Å²) in [5.41, 5.74) is -0.775. The second-order valence-electron chi connectivity index (χ2n) is 5.03. The van der Waals surface area contributed by atoms with Crippen LogP contribution in [0.1, 0.15) is 31.3 Å². The monoisotopic (exact) mass is 285 g/mol. The molecule has 0 saturated carbocycles. The first kappa shape index (κ1) is 15.7. The number of pyridine rings is 1. The number of nitrogens with one attached hydrogen (secondary N) is 1. The van der Waals surface area contributed by atoms with Crippen molar-refractivity contribution in [1.29, 1.82) is 0 Å². The molecular formula is C13H20ClN3O2. The maximum absolute atomic E-state index is 12.2. The summed E-state index contributed by atoms with van der Waals surface area (Å²) >= 11 is 6.01. The van der Waals surface area contributed by atoms with Crippen molar-refractivity contribution in [3.05, 3.63) is 22.8 Å². The molecule has 0 aliphatic heterocycles. The lowest BCUT2D eigenvalue weighted by molar-refractivity contribution is 0.0365. The van der Waals surface area contributed by atoms with Gasteiger partial charge in [-0.05, 0) is 32.9 Å². The molecule has 0 radical (unpaired) electrons. The van der Waals surface area contributed by atoms with E-state index in [1.165, 1.54) is 4.90 Å². The first-order valence-electron chi connectivity index (χ1n) is 6.13. The van der Waals surface area contributed by atoms with Crippen LogP contribution in [0.4, 0.5) is 5.82 Å². The van der Waals surface area contributed by atoms with E-state index in [1.54, 1.807) is 33.0 Å². The number of amides is 1. The normalized spacial score (nSPS) is 11.3. The van der Waals surface area contributed by atoms with Gasteiger partial charge in [-0.25, -0.2) is 4.98 Å². The van der Waals surface area contributed by atoms with Crippen molar-refractivity contribution in [3.63, 3.8) is 0 Å². The summed E-state index contributed by atoms with van der Waals surface area (Å²) in [6.45, 7) is 6.14. The van der Waals surface area contributed by atoms with E-state index < -0.39 is 5.60 Å². The molecule has 0 unspecified atom stereocenters. The molecule has 0 aliphatic carbocycles. The fourth-order valence-corrected chi connectivity index (χ4v) is 1.89. The second kappa shape index (κ2) is 6.21. The predicted molar refractivity (Wildman–Crippen MR) is 76.7 cm³/mol. The number of aromatic nitrogens is 1. The van der Waals surface area contributed by atoms with Gasteiger partial charge in [-0.2, -0.15) is 0 Å². The maximum atomic E-state index is 12.2. The molecule has 1 rings (SSSR count). The van der Waals surface area contributed by atoms with Crippen LogP contribution < -0.4 is 5.32 Å². The lowest BCUT2D eigenvalue weighted by Gasteiger charge is -2.25. The lowest BCUT2D eigenvalue weighted by Crippen LogP contribution is -2.40. The molecule has 0 saturated heterocycles. The van der Waals surface area contributed by atoms with Crippen LogP contribution in [-0.4, -0.2) is 46.6 Å². The number of carbonyl (C=O) groups excluding carboxylic acids is 1. The van der Waals surface area contributed by atoms with Crippen LogP contribution >= 0.6 is 11.6 Å². The van der Waals surface area contributed by atoms with Crippen molar-refractivity contribution >= 4 is 23.3 Å². The van der Waals surface area contributed by atoms with Gasteiger partial charge >= 0.3 is 0 Å². The quantitative estimate of drug-likeness (QED) is 0.868. The second-order valence-corrected chi connectivity index (χ2v) is 5.44. The Morgan fingerprint density at radius 1 is 1.53 bits per heavy atom. The largest absolute Gasteiger partial charge is 0.389 e. The van der Waals surface area contributed by atoms with Crippen LogP contribution in [0.2, 0.25) is 5.02 Å². The number of hydrogen-bond donors (Lipinski definition) is 2. The SMILES string of the molecule is CCNc1ccc(Cl)c(C(=O)N(C)CC(C)(C)O)n1. The number of aliphatic hydroxyl groups is 1. The molecule has 19 heavy (non-hydrogen) atoms. The molecule has 1 aromatic rings. The van der Waals surface area contributed by atoms with E-state index in [-0.39, 0.29) is 18.1 Å².